The fourth-order valence-corrected chi connectivity index (χ4v) is 5.86. The molecule has 0 bridgehead atoms. The van der Waals surface area contributed by atoms with Crippen molar-refractivity contribution < 1.29 is 18.0 Å². The Morgan fingerprint density at radius 1 is 0.927 bits per heavy atom. The maximum atomic E-state index is 13.9. The fourth-order valence-electron chi connectivity index (χ4n) is 4.67. The van der Waals surface area contributed by atoms with Gasteiger partial charge in [-0.2, -0.15) is 0 Å². The van der Waals surface area contributed by atoms with Crippen LogP contribution in [0.5, 0.6) is 0 Å². The number of hydrogen-bond donors (Lipinski definition) is 1. The number of nitrogens with one attached hydrogen (secondary N) is 1. The topological polar surface area (TPSA) is 86.8 Å². The zero-order chi connectivity index (χ0) is 29.8. The maximum absolute atomic E-state index is 13.9. The number of unbranched alkanes of at least 4 members (excludes halogenated alkanes) is 1. The van der Waals surface area contributed by atoms with Gasteiger partial charge in [0.1, 0.15) is 6.04 Å². The van der Waals surface area contributed by atoms with Crippen LogP contribution in [-0.2, 0) is 32.6 Å². The Hall–Kier alpha value is -3.36. The third-order valence-electron chi connectivity index (χ3n) is 6.89. The molecule has 1 unspecified atom stereocenters. The summed E-state index contributed by atoms with van der Waals surface area (Å²) in [6.07, 6.45) is 3.66. The molecular weight excluding hydrogens is 558 g/mol. The number of halogens is 1. The molecule has 1 N–H and O–H groups in total. The molecule has 0 heterocycles. The summed E-state index contributed by atoms with van der Waals surface area (Å²) >= 11 is 6.17. The highest BCUT2D eigenvalue weighted by molar-refractivity contribution is 7.92. The number of hydrogen-bond acceptors (Lipinski definition) is 4. The number of amides is 2. The van der Waals surface area contributed by atoms with Crippen molar-refractivity contribution in [3.63, 3.8) is 0 Å². The number of carbonyl (C=O) groups excluding carboxylic acids is 2. The number of anilines is 1. The van der Waals surface area contributed by atoms with E-state index in [0.29, 0.717) is 23.7 Å². The first kappa shape index (κ1) is 32.2. The molecule has 0 saturated heterocycles. The Labute approximate surface area is 249 Å². The van der Waals surface area contributed by atoms with Crippen molar-refractivity contribution in [2.75, 3.05) is 23.7 Å². The van der Waals surface area contributed by atoms with E-state index in [1.54, 1.807) is 23.1 Å². The Balaban J connectivity index is 1.86. The molecule has 0 aliphatic heterocycles. The average molecular weight is 598 g/mol. The molecule has 220 valence electrons. The van der Waals surface area contributed by atoms with Crippen molar-refractivity contribution in [1.82, 2.24) is 10.2 Å². The number of nitrogens with zero attached hydrogens (tertiary/aromatic N) is 2. The summed E-state index contributed by atoms with van der Waals surface area (Å²) in [4.78, 5) is 29.0. The second-order valence-electron chi connectivity index (χ2n) is 10.2. The largest absolute Gasteiger partial charge is 0.354 e. The molecule has 41 heavy (non-hydrogen) atoms. The van der Waals surface area contributed by atoms with Crippen molar-refractivity contribution in [3.8, 4) is 0 Å². The molecule has 0 radical (unpaired) electrons. The molecule has 7 nitrogen and oxygen atoms in total. The van der Waals surface area contributed by atoms with E-state index in [2.05, 4.69) is 12.2 Å². The van der Waals surface area contributed by atoms with E-state index in [0.717, 1.165) is 35.8 Å². The monoisotopic (exact) mass is 597 g/mol. The van der Waals surface area contributed by atoms with Crippen molar-refractivity contribution in [1.29, 1.82) is 0 Å². The molecule has 0 fully saturated rings. The fraction of sp³-hybridized carbons (Fsp3) is 0.375. The van der Waals surface area contributed by atoms with E-state index >= 15 is 0 Å². The van der Waals surface area contributed by atoms with Gasteiger partial charge in [-0.1, -0.05) is 91.7 Å². The summed E-state index contributed by atoms with van der Waals surface area (Å²) in [5, 5.41) is 3.45. The lowest BCUT2D eigenvalue weighted by molar-refractivity contribution is -0.141. The normalized spacial score (nSPS) is 12.0. The third-order valence-corrected chi connectivity index (χ3v) is 8.30. The molecule has 0 aromatic heterocycles. The van der Waals surface area contributed by atoms with Crippen LogP contribution in [0.1, 0.15) is 49.3 Å². The number of benzene rings is 3. The molecule has 0 aliphatic rings. The number of rotatable bonds is 15. The van der Waals surface area contributed by atoms with Gasteiger partial charge < -0.3 is 10.2 Å². The number of sulfonamides is 1. The van der Waals surface area contributed by atoms with Gasteiger partial charge in [0.15, 0.2) is 0 Å². The Morgan fingerprint density at radius 3 is 2.17 bits per heavy atom. The number of aryl methyl sites for hydroxylation is 1. The molecule has 9 heteroatoms. The summed E-state index contributed by atoms with van der Waals surface area (Å²) in [6, 6.07) is 23.6. The van der Waals surface area contributed by atoms with Crippen molar-refractivity contribution in [3.05, 3.63) is 101 Å². The summed E-state index contributed by atoms with van der Waals surface area (Å²) < 4.78 is 26.7. The first-order valence-electron chi connectivity index (χ1n) is 14.0. The lowest BCUT2D eigenvalue weighted by Crippen LogP contribution is -2.50. The maximum Gasteiger partial charge on any atom is 0.243 e. The molecular formula is C32H40ClN3O4S. The van der Waals surface area contributed by atoms with Crippen LogP contribution < -0.4 is 9.62 Å². The van der Waals surface area contributed by atoms with Crippen LogP contribution in [0.4, 0.5) is 5.69 Å². The van der Waals surface area contributed by atoms with Gasteiger partial charge in [-0.3, -0.25) is 13.9 Å². The predicted molar refractivity (Wildman–Crippen MR) is 166 cm³/mol. The highest BCUT2D eigenvalue weighted by atomic mass is 35.5. The summed E-state index contributed by atoms with van der Waals surface area (Å²) in [6.45, 7) is 4.79. The van der Waals surface area contributed by atoms with Crippen LogP contribution in [0.3, 0.4) is 0 Å². The zero-order valence-electron chi connectivity index (χ0n) is 24.1. The second-order valence-corrected chi connectivity index (χ2v) is 12.6. The molecule has 0 aliphatic carbocycles. The summed E-state index contributed by atoms with van der Waals surface area (Å²) in [5.41, 5.74) is 3.12. The standard InChI is InChI=1S/C32H40ClN3O4S/c1-4-5-20-34-32(38)30(22-26-13-8-6-9-14-26)35(24-27-15-10-7-11-16-27)31(37)17-12-21-36(41(3,39)40)29-23-28(33)19-18-25(29)2/h6-11,13-16,18-19,23,30H,4-5,12,17,20-22,24H2,1-3H3,(H,34,38). The van der Waals surface area contributed by atoms with Crippen LogP contribution in [-0.4, -0.2) is 50.5 Å². The van der Waals surface area contributed by atoms with E-state index < -0.39 is 16.1 Å². The number of carbonyl (C=O) groups is 2. The van der Waals surface area contributed by atoms with Gasteiger partial charge >= 0.3 is 0 Å². The first-order chi connectivity index (χ1) is 19.6. The SMILES string of the molecule is CCCCNC(=O)C(Cc1ccccc1)N(Cc1ccccc1)C(=O)CCCN(c1cc(Cl)ccc1C)S(C)(=O)=O. The third kappa shape index (κ3) is 9.90. The van der Waals surface area contributed by atoms with Gasteiger partial charge in [0.2, 0.25) is 21.8 Å². The van der Waals surface area contributed by atoms with Crippen LogP contribution in [0.15, 0.2) is 78.9 Å². The zero-order valence-corrected chi connectivity index (χ0v) is 25.6. The van der Waals surface area contributed by atoms with Gasteiger partial charge in [-0.15, -0.1) is 0 Å². The van der Waals surface area contributed by atoms with E-state index in [1.807, 2.05) is 67.6 Å². The van der Waals surface area contributed by atoms with Crippen LogP contribution in [0.2, 0.25) is 5.02 Å². The molecule has 0 spiro atoms. The lowest BCUT2D eigenvalue weighted by atomic mass is 10.0. The van der Waals surface area contributed by atoms with Gasteiger partial charge in [-0.25, -0.2) is 8.42 Å². The van der Waals surface area contributed by atoms with Crippen LogP contribution >= 0.6 is 11.6 Å². The molecule has 3 aromatic rings. The quantitative estimate of drug-likeness (QED) is 0.226. The summed E-state index contributed by atoms with van der Waals surface area (Å²) in [7, 11) is -3.62. The highest BCUT2D eigenvalue weighted by Crippen LogP contribution is 2.27. The minimum atomic E-state index is -3.62. The van der Waals surface area contributed by atoms with Gasteiger partial charge in [-0.05, 0) is 48.6 Å². The van der Waals surface area contributed by atoms with E-state index in [4.69, 9.17) is 11.6 Å². The first-order valence-corrected chi connectivity index (χ1v) is 16.2. The Bertz CT molecular complexity index is 1380. The Morgan fingerprint density at radius 2 is 1.56 bits per heavy atom. The van der Waals surface area contributed by atoms with E-state index in [1.165, 1.54) is 4.31 Å². The Kier molecular flexibility index (Phi) is 12.2. The summed E-state index contributed by atoms with van der Waals surface area (Å²) in [5.74, 6) is -0.407. The van der Waals surface area contributed by atoms with E-state index in [9.17, 15) is 18.0 Å². The predicted octanol–water partition coefficient (Wildman–Crippen LogP) is 5.75. The van der Waals surface area contributed by atoms with E-state index in [-0.39, 0.29) is 37.7 Å². The highest BCUT2D eigenvalue weighted by Gasteiger charge is 2.30. The molecule has 1 atom stereocenters. The van der Waals surface area contributed by atoms with Crippen molar-refractivity contribution in [2.45, 2.75) is 58.5 Å². The van der Waals surface area contributed by atoms with Gasteiger partial charge in [0.05, 0.1) is 11.9 Å². The molecule has 2 amide bonds. The van der Waals surface area contributed by atoms with Crippen LogP contribution in [0, 0.1) is 6.92 Å². The minimum Gasteiger partial charge on any atom is -0.354 e. The molecule has 3 aromatic carbocycles. The van der Waals surface area contributed by atoms with Crippen molar-refractivity contribution in [2.24, 2.45) is 0 Å². The molecule has 0 saturated carbocycles. The smallest absolute Gasteiger partial charge is 0.243 e. The van der Waals surface area contributed by atoms with Crippen molar-refractivity contribution >= 4 is 39.1 Å². The average Bonchev–Trinajstić information content (AvgIpc) is 2.95. The van der Waals surface area contributed by atoms with Gasteiger partial charge in [0, 0.05) is 37.5 Å². The van der Waals surface area contributed by atoms with Crippen LogP contribution in [0.25, 0.3) is 0 Å². The molecule has 3 rings (SSSR count). The minimum absolute atomic E-state index is 0.0754. The van der Waals surface area contributed by atoms with Gasteiger partial charge in [0.25, 0.3) is 0 Å². The second kappa shape index (κ2) is 15.6. The lowest BCUT2D eigenvalue weighted by Gasteiger charge is -2.32.